The van der Waals surface area contributed by atoms with Crippen LogP contribution < -0.4 is 0 Å². The van der Waals surface area contributed by atoms with Crippen molar-refractivity contribution < 1.29 is 0 Å². The van der Waals surface area contributed by atoms with Crippen LogP contribution in [0.5, 0.6) is 0 Å². The quantitative estimate of drug-likeness (QED) is 0.450. The number of unbranched alkanes of at least 4 members (excludes halogenated alkanes) is 2. The standard InChI is InChI=1S/C10H20N2/c1-4-5-6-7-10(2)12(3)9-8-11/h10H,4-7,9H2,1-3H3. The topological polar surface area (TPSA) is 27.0 Å². The van der Waals surface area contributed by atoms with Crippen LogP contribution in [0.15, 0.2) is 0 Å². The molecule has 0 amide bonds. The Hall–Kier alpha value is -0.550. The summed E-state index contributed by atoms with van der Waals surface area (Å²) >= 11 is 0. The van der Waals surface area contributed by atoms with Crippen molar-refractivity contribution in [3.05, 3.63) is 0 Å². The Morgan fingerprint density at radius 3 is 2.58 bits per heavy atom. The summed E-state index contributed by atoms with van der Waals surface area (Å²) in [7, 11) is 2.01. The van der Waals surface area contributed by atoms with Crippen molar-refractivity contribution in [2.75, 3.05) is 13.6 Å². The lowest BCUT2D eigenvalue weighted by Crippen LogP contribution is -2.29. The summed E-state index contributed by atoms with van der Waals surface area (Å²) in [6.45, 7) is 4.95. The van der Waals surface area contributed by atoms with E-state index in [1.54, 1.807) is 0 Å². The maximum absolute atomic E-state index is 8.47. The van der Waals surface area contributed by atoms with Crippen LogP contribution in [0.2, 0.25) is 0 Å². The molecule has 0 bridgehead atoms. The Bertz CT molecular complexity index is 137. The first-order valence-corrected chi connectivity index (χ1v) is 4.79. The van der Waals surface area contributed by atoms with E-state index >= 15 is 0 Å². The van der Waals surface area contributed by atoms with Gasteiger partial charge >= 0.3 is 0 Å². The normalized spacial score (nSPS) is 12.9. The van der Waals surface area contributed by atoms with Crippen LogP contribution in [0.1, 0.15) is 39.5 Å². The fraction of sp³-hybridized carbons (Fsp3) is 0.900. The molecule has 0 aromatic heterocycles. The fourth-order valence-electron chi connectivity index (χ4n) is 1.18. The van der Waals surface area contributed by atoms with Gasteiger partial charge in [-0.05, 0) is 20.4 Å². The van der Waals surface area contributed by atoms with E-state index in [-0.39, 0.29) is 0 Å². The minimum atomic E-state index is 0.549. The maximum atomic E-state index is 8.47. The molecule has 0 N–H and O–H groups in total. The van der Waals surface area contributed by atoms with E-state index in [0.717, 1.165) is 0 Å². The second-order valence-electron chi connectivity index (χ2n) is 3.42. The predicted molar refractivity (Wildman–Crippen MR) is 51.8 cm³/mol. The zero-order valence-electron chi connectivity index (χ0n) is 8.51. The molecule has 0 saturated carbocycles. The Morgan fingerprint density at radius 1 is 1.42 bits per heavy atom. The van der Waals surface area contributed by atoms with Gasteiger partial charge in [0.2, 0.25) is 0 Å². The highest BCUT2D eigenvalue weighted by Crippen LogP contribution is 2.07. The van der Waals surface area contributed by atoms with Crippen LogP contribution in [0.25, 0.3) is 0 Å². The van der Waals surface area contributed by atoms with Crippen LogP contribution in [0.4, 0.5) is 0 Å². The van der Waals surface area contributed by atoms with Crippen molar-refractivity contribution in [2.45, 2.75) is 45.6 Å². The number of rotatable bonds is 6. The third-order valence-electron chi connectivity index (χ3n) is 2.30. The molecule has 0 aliphatic heterocycles. The van der Waals surface area contributed by atoms with Gasteiger partial charge in [-0.2, -0.15) is 5.26 Å². The van der Waals surface area contributed by atoms with Gasteiger partial charge in [0.15, 0.2) is 0 Å². The molecule has 0 aliphatic rings. The minimum Gasteiger partial charge on any atom is -0.291 e. The zero-order valence-corrected chi connectivity index (χ0v) is 8.51. The molecule has 12 heavy (non-hydrogen) atoms. The van der Waals surface area contributed by atoms with Gasteiger partial charge in [0.05, 0.1) is 12.6 Å². The van der Waals surface area contributed by atoms with Gasteiger partial charge in [-0.25, -0.2) is 0 Å². The number of nitriles is 1. The highest BCUT2D eigenvalue weighted by molar-refractivity contribution is 4.77. The van der Waals surface area contributed by atoms with Crippen LogP contribution in [-0.2, 0) is 0 Å². The average Bonchev–Trinajstić information content (AvgIpc) is 2.05. The Labute approximate surface area is 76.2 Å². The minimum absolute atomic E-state index is 0.549. The molecule has 0 aliphatic carbocycles. The molecule has 1 unspecified atom stereocenters. The molecular weight excluding hydrogens is 148 g/mol. The summed E-state index contributed by atoms with van der Waals surface area (Å²) < 4.78 is 0. The first-order chi connectivity index (χ1) is 5.72. The summed E-state index contributed by atoms with van der Waals surface area (Å²) in [4.78, 5) is 2.11. The number of hydrogen-bond acceptors (Lipinski definition) is 2. The largest absolute Gasteiger partial charge is 0.291 e. The van der Waals surface area contributed by atoms with E-state index in [1.807, 2.05) is 7.05 Å². The van der Waals surface area contributed by atoms with Gasteiger partial charge in [0.25, 0.3) is 0 Å². The molecule has 0 aromatic carbocycles. The summed E-state index contributed by atoms with van der Waals surface area (Å²) in [6.07, 6.45) is 5.08. The Balaban J connectivity index is 3.43. The van der Waals surface area contributed by atoms with E-state index in [0.29, 0.717) is 12.6 Å². The third kappa shape index (κ3) is 5.15. The molecule has 2 heteroatoms. The molecule has 2 nitrogen and oxygen atoms in total. The number of hydrogen-bond donors (Lipinski definition) is 0. The lowest BCUT2D eigenvalue weighted by molar-refractivity contribution is 0.268. The van der Waals surface area contributed by atoms with Gasteiger partial charge in [-0.15, -0.1) is 0 Å². The lowest BCUT2D eigenvalue weighted by Gasteiger charge is -2.21. The smallest absolute Gasteiger partial charge is 0.0865 e. The highest BCUT2D eigenvalue weighted by atomic mass is 15.1. The van der Waals surface area contributed by atoms with Gasteiger partial charge in [0, 0.05) is 6.04 Å². The van der Waals surface area contributed by atoms with Crippen molar-refractivity contribution in [1.29, 1.82) is 5.26 Å². The van der Waals surface area contributed by atoms with E-state index in [1.165, 1.54) is 25.7 Å². The number of nitrogens with zero attached hydrogens (tertiary/aromatic N) is 2. The summed E-state index contributed by atoms with van der Waals surface area (Å²) in [5, 5.41) is 8.47. The van der Waals surface area contributed by atoms with Crippen molar-refractivity contribution in [1.82, 2.24) is 4.90 Å². The average molecular weight is 168 g/mol. The van der Waals surface area contributed by atoms with E-state index in [4.69, 9.17) is 5.26 Å². The van der Waals surface area contributed by atoms with Gasteiger partial charge in [-0.1, -0.05) is 26.2 Å². The van der Waals surface area contributed by atoms with Crippen molar-refractivity contribution in [3.63, 3.8) is 0 Å². The molecule has 1 atom stereocenters. The molecule has 0 radical (unpaired) electrons. The molecule has 0 heterocycles. The van der Waals surface area contributed by atoms with Gasteiger partial charge in [-0.3, -0.25) is 4.90 Å². The Kier molecular flexibility index (Phi) is 6.79. The third-order valence-corrected chi connectivity index (χ3v) is 2.30. The Morgan fingerprint density at radius 2 is 2.08 bits per heavy atom. The molecule has 0 rings (SSSR count). The van der Waals surface area contributed by atoms with Crippen molar-refractivity contribution in [2.24, 2.45) is 0 Å². The lowest BCUT2D eigenvalue weighted by atomic mass is 10.1. The zero-order chi connectivity index (χ0) is 9.40. The van der Waals surface area contributed by atoms with Gasteiger partial charge in [0.1, 0.15) is 0 Å². The molecule has 0 aromatic rings. The molecule has 0 spiro atoms. The van der Waals surface area contributed by atoms with E-state index in [2.05, 4.69) is 24.8 Å². The summed E-state index contributed by atoms with van der Waals surface area (Å²) in [6, 6.07) is 2.72. The van der Waals surface area contributed by atoms with Crippen LogP contribution in [-0.4, -0.2) is 24.5 Å². The second-order valence-corrected chi connectivity index (χ2v) is 3.42. The maximum Gasteiger partial charge on any atom is 0.0865 e. The van der Waals surface area contributed by atoms with E-state index in [9.17, 15) is 0 Å². The monoisotopic (exact) mass is 168 g/mol. The van der Waals surface area contributed by atoms with Crippen LogP contribution in [0, 0.1) is 11.3 Å². The SMILES string of the molecule is CCCCCC(C)N(C)CC#N. The first-order valence-electron chi connectivity index (χ1n) is 4.79. The van der Waals surface area contributed by atoms with Crippen LogP contribution >= 0.6 is 0 Å². The van der Waals surface area contributed by atoms with Crippen LogP contribution in [0.3, 0.4) is 0 Å². The first kappa shape index (κ1) is 11.4. The summed E-state index contributed by atoms with van der Waals surface area (Å²) in [5.41, 5.74) is 0. The highest BCUT2D eigenvalue weighted by Gasteiger charge is 2.06. The summed E-state index contributed by atoms with van der Waals surface area (Å²) in [5.74, 6) is 0. The molecule has 0 fully saturated rings. The van der Waals surface area contributed by atoms with Gasteiger partial charge < -0.3 is 0 Å². The van der Waals surface area contributed by atoms with Crippen molar-refractivity contribution >= 4 is 0 Å². The fourth-order valence-corrected chi connectivity index (χ4v) is 1.18. The predicted octanol–water partition coefficient (Wildman–Crippen LogP) is 2.41. The van der Waals surface area contributed by atoms with Crippen molar-refractivity contribution in [3.8, 4) is 6.07 Å². The van der Waals surface area contributed by atoms with E-state index < -0.39 is 0 Å². The molecular formula is C10H20N2. The second kappa shape index (κ2) is 7.12. The molecule has 70 valence electrons. The molecule has 0 saturated heterocycles.